The van der Waals surface area contributed by atoms with E-state index in [2.05, 4.69) is 5.32 Å². The van der Waals surface area contributed by atoms with E-state index in [0.29, 0.717) is 28.0 Å². The highest BCUT2D eigenvalue weighted by Gasteiger charge is 2.24. The number of quaternary nitrogens is 1. The molecule has 2 N–H and O–H groups in total. The summed E-state index contributed by atoms with van der Waals surface area (Å²) < 4.78 is 10.7. The van der Waals surface area contributed by atoms with Gasteiger partial charge >= 0.3 is 0 Å². The molecule has 1 aliphatic heterocycles. The Morgan fingerprint density at radius 2 is 1.77 bits per heavy atom. The van der Waals surface area contributed by atoms with Crippen LogP contribution in [-0.4, -0.2) is 33.2 Å². The molecule has 1 heterocycles. The zero-order valence-corrected chi connectivity index (χ0v) is 16.2. The van der Waals surface area contributed by atoms with Crippen molar-refractivity contribution >= 4 is 34.8 Å². The molecule has 2 aromatic carbocycles. The summed E-state index contributed by atoms with van der Waals surface area (Å²) in [4.78, 5) is 13.6. The highest BCUT2D eigenvalue weighted by atomic mass is 35.5. The van der Waals surface area contributed by atoms with Gasteiger partial charge < -0.3 is 19.7 Å². The smallest absolute Gasteiger partial charge is 0.279 e. The van der Waals surface area contributed by atoms with Crippen LogP contribution < -0.4 is 19.7 Å². The first kappa shape index (κ1) is 18.8. The molecule has 1 atom stereocenters. The maximum atomic E-state index is 12.4. The van der Waals surface area contributed by atoms with Crippen molar-refractivity contribution in [2.24, 2.45) is 0 Å². The van der Waals surface area contributed by atoms with Gasteiger partial charge in [0.1, 0.15) is 6.54 Å². The first-order valence-corrected chi connectivity index (χ1v) is 9.08. The fourth-order valence-corrected chi connectivity index (χ4v) is 3.48. The summed E-state index contributed by atoms with van der Waals surface area (Å²) in [6.07, 6.45) is 0.894. The van der Waals surface area contributed by atoms with Gasteiger partial charge in [0.05, 0.1) is 30.8 Å². The number of amides is 1. The van der Waals surface area contributed by atoms with Crippen LogP contribution >= 0.6 is 23.2 Å². The quantitative estimate of drug-likeness (QED) is 0.817. The molecule has 0 saturated carbocycles. The average molecular weight is 396 g/mol. The van der Waals surface area contributed by atoms with Crippen LogP contribution in [0.15, 0.2) is 30.3 Å². The maximum Gasteiger partial charge on any atom is 0.279 e. The fourth-order valence-electron chi connectivity index (χ4n) is 3.19. The summed E-state index contributed by atoms with van der Waals surface area (Å²) in [5.41, 5.74) is 3.08. The SMILES string of the molecule is COc1cc2c(cc1OC)C[NH+](CC(=O)Nc1ccc(Cl)c(Cl)c1)CC2. The van der Waals surface area contributed by atoms with Gasteiger partial charge in [-0.15, -0.1) is 0 Å². The van der Waals surface area contributed by atoms with Gasteiger partial charge in [-0.2, -0.15) is 0 Å². The number of fused-ring (bicyclic) bond motifs is 1. The normalized spacial score (nSPS) is 15.9. The van der Waals surface area contributed by atoms with E-state index in [9.17, 15) is 4.79 Å². The van der Waals surface area contributed by atoms with Gasteiger partial charge in [0.15, 0.2) is 18.0 Å². The van der Waals surface area contributed by atoms with Crippen molar-refractivity contribution < 1.29 is 19.2 Å². The van der Waals surface area contributed by atoms with Gasteiger partial charge in [0, 0.05) is 17.7 Å². The van der Waals surface area contributed by atoms with Crippen molar-refractivity contribution in [1.29, 1.82) is 0 Å². The second kappa shape index (κ2) is 8.16. The summed E-state index contributed by atoms with van der Waals surface area (Å²) in [6.45, 7) is 2.04. The molecule has 1 unspecified atom stereocenters. The average Bonchev–Trinajstić information content (AvgIpc) is 2.63. The van der Waals surface area contributed by atoms with E-state index in [4.69, 9.17) is 32.7 Å². The van der Waals surface area contributed by atoms with Crippen LogP contribution in [-0.2, 0) is 17.8 Å². The van der Waals surface area contributed by atoms with Crippen molar-refractivity contribution in [2.45, 2.75) is 13.0 Å². The van der Waals surface area contributed by atoms with Gasteiger partial charge in [0.25, 0.3) is 5.91 Å². The third-order valence-electron chi connectivity index (χ3n) is 4.51. The monoisotopic (exact) mass is 395 g/mol. The predicted molar refractivity (Wildman–Crippen MR) is 103 cm³/mol. The topological polar surface area (TPSA) is 52.0 Å². The van der Waals surface area contributed by atoms with Gasteiger partial charge in [-0.1, -0.05) is 23.2 Å². The second-order valence-electron chi connectivity index (χ2n) is 6.26. The van der Waals surface area contributed by atoms with E-state index in [0.717, 1.165) is 25.3 Å². The van der Waals surface area contributed by atoms with Crippen molar-refractivity contribution in [2.75, 3.05) is 32.6 Å². The second-order valence-corrected chi connectivity index (χ2v) is 7.07. The highest BCUT2D eigenvalue weighted by Crippen LogP contribution is 2.31. The lowest BCUT2D eigenvalue weighted by Gasteiger charge is -2.26. The number of hydrogen-bond donors (Lipinski definition) is 2. The molecule has 0 bridgehead atoms. The Balaban J connectivity index is 1.65. The van der Waals surface area contributed by atoms with E-state index in [-0.39, 0.29) is 5.91 Å². The number of carbonyl (C=O) groups is 1. The maximum absolute atomic E-state index is 12.4. The molecule has 0 fully saturated rings. The van der Waals surface area contributed by atoms with Gasteiger partial charge in [0.2, 0.25) is 0 Å². The van der Waals surface area contributed by atoms with Crippen LogP contribution in [0.25, 0.3) is 0 Å². The highest BCUT2D eigenvalue weighted by molar-refractivity contribution is 6.42. The Hall–Kier alpha value is -1.95. The van der Waals surface area contributed by atoms with Crippen molar-refractivity contribution in [3.63, 3.8) is 0 Å². The predicted octanol–water partition coefficient (Wildman–Crippen LogP) is 2.59. The largest absolute Gasteiger partial charge is 0.493 e. The molecule has 0 saturated heterocycles. The molecular formula is C19H21Cl2N2O3+. The Labute approximate surface area is 162 Å². The third-order valence-corrected chi connectivity index (χ3v) is 5.25. The Morgan fingerprint density at radius 3 is 2.42 bits per heavy atom. The van der Waals surface area contributed by atoms with E-state index < -0.39 is 0 Å². The lowest BCUT2D eigenvalue weighted by atomic mass is 9.99. The minimum absolute atomic E-state index is 0.0534. The zero-order chi connectivity index (χ0) is 18.7. The molecule has 0 aliphatic carbocycles. The Morgan fingerprint density at radius 1 is 1.08 bits per heavy atom. The fraction of sp³-hybridized carbons (Fsp3) is 0.316. The van der Waals surface area contributed by atoms with E-state index in [1.54, 1.807) is 32.4 Å². The van der Waals surface area contributed by atoms with Crippen LogP contribution in [0.1, 0.15) is 11.1 Å². The zero-order valence-electron chi connectivity index (χ0n) is 14.7. The molecule has 138 valence electrons. The van der Waals surface area contributed by atoms with E-state index >= 15 is 0 Å². The molecule has 0 radical (unpaired) electrons. The van der Waals surface area contributed by atoms with Gasteiger partial charge in [-0.25, -0.2) is 0 Å². The number of benzene rings is 2. The summed E-state index contributed by atoms with van der Waals surface area (Å²) in [5.74, 6) is 1.40. The van der Waals surface area contributed by atoms with E-state index in [1.165, 1.54) is 16.0 Å². The summed E-state index contributed by atoms with van der Waals surface area (Å²) >= 11 is 11.9. The summed E-state index contributed by atoms with van der Waals surface area (Å²) in [7, 11) is 3.26. The van der Waals surface area contributed by atoms with Crippen LogP contribution in [0.2, 0.25) is 10.0 Å². The van der Waals surface area contributed by atoms with Gasteiger partial charge in [-0.05, 0) is 35.9 Å². The van der Waals surface area contributed by atoms with Crippen LogP contribution in [0.3, 0.4) is 0 Å². The molecule has 3 rings (SSSR count). The molecule has 0 spiro atoms. The number of halogens is 2. The molecule has 2 aromatic rings. The van der Waals surface area contributed by atoms with Crippen molar-refractivity contribution in [3.05, 3.63) is 51.5 Å². The lowest BCUT2D eigenvalue weighted by Crippen LogP contribution is -3.12. The first-order chi connectivity index (χ1) is 12.5. The number of rotatable bonds is 5. The lowest BCUT2D eigenvalue weighted by molar-refractivity contribution is -0.907. The number of anilines is 1. The minimum Gasteiger partial charge on any atom is -0.493 e. The molecule has 7 heteroatoms. The molecule has 5 nitrogen and oxygen atoms in total. The van der Waals surface area contributed by atoms with E-state index in [1.807, 2.05) is 12.1 Å². The number of carbonyl (C=O) groups excluding carboxylic acids is 1. The molecule has 26 heavy (non-hydrogen) atoms. The van der Waals surface area contributed by atoms with Crippen LogP contribution in [0.4, 0.5) is 5.69 Å². The van der Waals surface area contributed by atoms with Crippen molar-refractivity contribution in [1.82, 2.24) is 0 Å². The molecule has 1 amide bonds. The van der Waals surface area contributed by atoms with Crippen LogP contribution in [0.5, 0.6) is 11.5 Å². The standard InChI is InChI=1S/C19H20Cl2N2O3/c1-25-17-7-12-5-6-23(10-13(12)8-18(17)26-2)11-19(24)22-14-3-4-15(20)16(21)9-14/h3-4,7-9H,5-6,10-11H2,1-2H3,(H,22,24)/p+1. The number of methoxy groups -OCH3 is 2. The minimum atomic E-state index is -0.0534. The third kappa shape index (κ3) is 4.23. The summed E-state index contributed by atoms with van der Waals surface area (Å²) in [5, 5.41) is 3.76. The Bertz CT molecular complexity index is 827. The molecular weight excluding hydrogens is 375 g/mol. The Kier molecular flexibility index (Phi) is 5.91. The number of hydrogen-bond acceptors (Lipinski definition) is 3. The molecule has 1 aliphatic rings. The van der Waals surface area contributed by atoms with Gasteiger partial charge in [-0.3, -0.25) is 4.79 Å². The number of nitrogens with one attached hydrogen (secondary N) is 2. The first-order valence-electron chi connectivity index (χ1n) is 8.32. The number of ether oxygens (including phenoxy) is 2. The summed E-state index contributed by atoms with van der Waals surface area (Å²) in [6, 6.07) is 9.10. The molecule has 0 aromatic heterocycles. The van der Waals surface area contributed by atoms with Crippen molar-refractivity contribution in [3.8, 4) is 11.5 Å². The van der Waals surface area contributed by atoms with Crippen LogP contribution in [0, 0.1) is 0 Å².